The van der Waals surface area contributed by atoms with Gasteiger partial charge in [-0.15, -0.1) is 0 Å². The molecule has 0 aliphatic heterocycles. The molecule has 0 fully saturated rings. The summed E-state index contributed by atoms with van der Waals surface area (Å²) in [5, 5.41) is 0.377. The second kappa shape index (κ2) is 5.68. The third-order valence-corrected chi connectivity index (χ3v) is 2.35. The molecule has 0 saturated carbocycles. The van der Waals surface area contributed by atoms with Crippen LogP contribution >= 0.6 is 11.6 Å². The van der Waals surface area contributed by atoms with Crippen LogP contribution in [0.15, 0.2) is 18.5 Å². The second-order valence-electron chi connectivity index (χ2n) is 3.22. The lowest BCUT2D eigenvalue weighted by atomic mass is 10.2. The summed E-state index contributed by atoms with van der Waals surface area (Å²) in [5.74, 6) is -0.101. The summed E-state index contributed by atoms with van der Waals surface area (Å²) in [6, 6.07) is 1.61. The minimum absolute atomic E-state index is 0.101. The molecule has 0 unspecified atom stereocenters. The fourth-order valence-electron chi connectivity index (χ4n) is 1.18. The van der Waals surface area contributed by atoms with Gasteiger partial charge in [0.25, 0.3) is 5.91 Å². The van der Waals surface area contributed by atoms with E-state index in [4.69, 9.17) is 17.3 Å². The van der Waals surface area contributed by atoms with Crippen molar-refractivity contribution in [2.45, 2.75) is 6.42 Å². The van der Waals surface area contributed by atoms with Gasteiger partial charge in [-0.1, -0.05) is 11.6 Å². The Hall–Kier alpha value is -1.13. The molecule has 5 heteroatoms. The van der Waals surface area contributed by atoms with Crippen molar-refractivity contribution >= 4 is 17.5 Å². The number of nitrogens with zero attached hydrogens (tertiary/aromatic N) is 2. The predicted molar refractivity (Wildman–Crippen MR) is 59.9 cm³/mol. The van der Waals surface area contributed by atoms with Crippen molar-refractivity contribution in [3.8, 4) is 0 Å². The molecule has 15 heavy (non-hydrogen) atoms. The van der Waals surface area contributed by atoms with E-state index >= 15 is 0 Å². The molecule has 1 aromatic rings. The van der Waals surface area contributed by atoms with Crippen LogP contribution < -0.4 is 5.73 Å². The molecule has 82 valence electrons. The Balaban J connectivity index is 2.72. The van der Waals surface area contributed by atoms with E-state index in [2.05, 4.69) is 4.98 Å². The minimum Gasteiger partial charge on any atom is -0.342 e. The molecule has 0 bridgehead atoms. The van der Waals surface area contributed by atoms with Crippen LogP contribution in [0.25, 0.3) is 0 Å². The minimum atomic E-state index is -0.101. The molecule has 0 atom stereocenters. The fraction of sp³-hybridized carbons (Fsp3) is 0.400. The molecule has 2 N–H and O–H groups in total. The van der Waals surface area contributed by atoms with Gasteiger partial charge >= 0.3 is 0 Å². The Morgan fingerprint density at radius 2 is 2.40 bits per heavy atom. The highest BCUT2D eigenvalue weighted by Crippen LogP contribution is 2.15. The normalized spacial score (nSPS) is 10.1. The van der Waals surface area contributed by atoms with Crippen molar-refractivity contribution in [3.05, 3.63) is 29.0 Å². The monoisotopic (exact) mass is 227 g/mol. The van der Waals surface area contributed by atoms with Crippen molar-refractivity contribution in [2.24, 2.45) is 5.73 Å². The number of nitrogens with two attached hydrogens (primary N) is 1. The largest absolute Gasteiger partial charge is 0.342 e. The van der Waals surface area contributed by atoms with E-state index in [9.17, 15) is 4.79 Å². The number of hydrogen-bond donors (Lipinski definition) is 1. The molecule has 0 aromatic carbocycles. The van der Waals surface area contributed by atoms with Gasteiger partial charge in [0.1, 0.15) is 0 Å². The van der Waals surface area contributed by atoms with Crippen molar-refractivity contribution in [1.82, 2.24) is 9.88 Å². The first-order chi connectivity index (χ1) is 7.16. The lowest BCUT2D eigenvalue weighted by Gasteiger charge is -2.17. The number of hydrogen-bond acceptors (Lipinski definition) is 3. The van der Waals surface area contributed by atoms with Gasteiger partial charge in [-0.3, -0.25) is 9.78 Å². The van der Waals surface area contributed by atoms with Gasteiger partial charge in [0.05, 0.1) is 10.6 Å². The number of carbonyl (C=O) groups is 1. The van der Waals surface area contributed by atoms with Crippen molar-refractivity contribution in [1.29, 1.82) is 0 Å². The second-order valence-corrected chi connectivity index (χ2v) is 3.63. The van der Waals surface area contributed by atoms with Gasteiger partial charge < -0.3 is 10.6 Å². The zero-order valence-corrected chi connectivity index (χ0v) is 9.37. The predicted octanol–water partition coefficient (Wildman–Crippen LogP) is 1.16. The summed E-state index contributed by atoms with van der Waals surface area (Å²) in [4.78, 5) is 17.3. The highest BCUT2D eigenvalue weighted by atomic mass is 35.5. The quantitative estimate of drug-likeness (QED) is 0.840. The number of amides is 1. The summed E-state index contributed by atoms with van der Waals surface area (Å²) in [7, 11) is 1.73. The molecule has 1 rings (SSSR count). The van der Waals surface area contributed by atoms with E-state index in [1.54, 1.807) is 24.2 Å². The summed E-state index contributed by atoms with van der Waals surface area (Å²) in [6.45, 7) is 1.20. The Labute approximate surface area is 94.0 Å². The van der Waals surface area contributed by atoms with Crippen LogP contribution in [0.2, 0.25) is 5.02 Å². The summed E-state index contributed by atoms with van der Waals surface area (Å²) < 4.78 is 0. The fourth-order valence-corrected chi connectivity index (χ4v) is 1.38. The first-order valence-corrected chi connectivity index (χ1v) is 5.09. The molecule has 0 aliphatic carbocycles. The third-order valence-electron chi connectivity index (χ3n) is 2.05. The van der Waals surface area contributed by atoms with Gasteiger partial charge in [0.2, 0.25) is 0 Å². The van der Waals surface area contributed by atoms with Gasteiger partial charge in [0.15, 0.2) is 0 Å². The van der Waals surface area contributed by atoms with Gasteiger partial charge in [-0.2, -0.15) is 0 Å². The van der Waals surface area contributed by atoms with Crippen molar-refractivity contribution in [3.63, 3.8) is 0 Å². The van der Waals surface area contributed by atoms with Crippen LogP contribution in [0.4, 0.5) is 0 Å². The Kier molecular flexibility index (Phi) is 4.52. The van der Waals surface area contributed by atoms with Gasteiger partial charge in [0, 0.05) is 26.0 Å². The average Bonchev–Trinajstić information content (AvgIpc) is 2.25. The summed E-state index contributed by atoms with van der Waals surface area (Å²) in [5.41, 5.74) is 5.85. The maximum atomic E-state index is 11.8. The molecule has 0 radical (unpaired) electrons. The molecule has 0 aliphatic rings. The standard InChI is InChI=1S/C10H14ClN3O/c1-14(6-2-4-12)10(15)8-3-5-13-7-9(8)11/h3,5,7H,2,4,6,12H2,1H3. The van der Waals surface area contributed by atoms with Crippen LogP contribution in [0, 0.1) is 0 Å². The molecular formula is C10H14ClN3O. The third kappa shape index (κ3) is 3.18. The number of carbonyl (C=O) groups excluding carboxylic acids is 1. The van der Waals surface area contributed by atoms with E-state index in [0.717, 1.165) is 6.42 Å². The first kappa shape index (κ1) is 11.9. The average molecular weight is 228 g/mol. The first-order valence-electron chi connectivity index (χ1n) is 4.72. The SMILES string of the molecule is CN(CCCN)C(=O)c1ccncc1Cl. The van der Waals surface area contributed by atoms with E-state index in [0.29, 0.717) is 23.7 Å². The highest BCUT2D eigenvalue weighted by molar-refractivity contribution is 6.33. The Bertz CT molecular complexity index is 343. The molecule has 1 amide bonds. The lowest BCUT2D eigenvalue weighted by Crippen LogP contribution is -2.29. The van der Waals surface area contributed by atoms with Crippen molar-refractivity contribution < 1.29 is 4.79 Å². The topological polar surface area (TPSA) is 59.2 Å². The molecular weight excluding hydrogens is 214 g/mol. The van der Waals surface area contributed by atoms with E-state index < -0.39 is 0 Å². The van der Waals surface area contributed by atoms with E-state index in [-0.39, 0.29) is 5.91 Å². The van der Waals surface area contributed by atoms with Crippen LogP contribution in [-0.2, 0) is 0 Å². The Morgan fingerprint density at radius 3 is 3.00 bits per heavy atom. The number of rotatable bonds is 4. The van der Waals surface area contributed by atoms with Gasteiger partial charge in [-0.05, 0) is 19.0 Å². The van der Waals surface area contributed by atoms with Crippen LogP contribution in [0.1, 0.15) is 16.8 Å². The molecule has 0 spiro atoms. The van der Waals surface area contributed by atoms with Crippen LogP contribution in [0.5, 0.6) is 0 Å². The molecule has 1 aromatic heterocycles. The molecule has 1 heterocycles. The maximum absolute atomic E-state index is 11.8. The zero-order chi connectivity index (χ0) is 11.3. The number of halogens is 1. The van der Waals surface area contributed by atoms with Crippen LogP contribution in [-0.4, -0.2) is 35.9 Å². The van der Waals surface area contributed by atoms with E-state index in [1.165, 1.54) is 6.20 Å². The van der Waals surface area contributed by atoms with Gasteiger partial charge in [-0.25, -0.2) is 0 Å². The van der Waals surface area contributed by atoms with Crippen LogP contribution in [0.3, 0.4) is 0 Å². The highest BCUT2D eigenvalue weighted by Gasteiger charge is 2.13. The zero-order valence-electron chi connectivity index (χ0n) is 8.61. The summed E-state index contributed by atoms with van der Waals surface area (Å²) in [6.07, 6.45) is 3.80. The summed E-state index contributed by atoms with van der Waals surface area (Å²) >= 11 is 5.86. The Morgan fingerprint density at radius 1 is 1.67 bits per heavy atom. The molecule has 0 saturated heterocycles. The van der Waals surface area contributed by atoms with Crippen molar-refractivity contribution in [2.75, 3.05) is 20.1 Å². The maximum Gasteiger partial charge on any atom is 0.255 e. The smallest absolute Gasteiger partial charge is 0.255 e. The van der Waals surface area contributed by atoms with E-state index in [1.807, 2.05) is 0 Å². The number of pyridine rings is 1. The lowest BCUT2D eigenvalue weighted by molar-refractivity contribution is 0.0794. The number of aromatic nitrogens is 1. The molecule has 4 nitrogen and oxygen atoms in total.